The van der Waals surface area contributed by atoms with Crippen LogP contribution in [0.3, 0.4) is 0 Å². The highest BCUT2D eigenvalue weighted by Crippen LogP contribution is 2.31. The van der Waals surface area contributed by atoms with Gasteiger partial charge >= 0.3 is 6.03 Å². The highest BCUT2D eigenvalue weighted by molar-refractivity contribution is 14.1. The van der Waals surface area contributed by atoms with Crippen molar-refractivity contribution in [1.29, 1.82) is 0 Å². The third kappa shape index (κ3) is 5.19. The minimum Gasteiger partial charge on any atom is -0.508 e. The van der Waals surface area contributed by atoms with E-state index >= 15 is 0 Å². The summed E-state index contributed by atoms with van der Waals surface area (Å²) in [5.74, 6) is -1.46. The molecule has 0 spiro atoms. The zero-order valence-electron chi connectivity index (χ0n) is 18.5. The molecule has 7 nitrogen and oxygen atoms in total. The van der Waals surface area contributed by atoms with Crippen LogP contribution in [0, 0.1) is 9.39 Å². The van der Waals surface area contributed by atoms with Crippen LogP contribution >= 0.6 is 22.6 Å². The standard InChI is InChI=1S/C26H20FIN2O5/c1-2-35-23-13-15(12-22(28)19(23)14-16-5-3-4-6-21(16)27)11-20-24(32)29-26(34)30(25(20)33)17-7-9-18(31)10-8-17/h3-13,31H,2,14H2,1H3,(H,29,32,34)/b20-11+. The molecule has 0 aliphatic carbocycles. The fourth-order valence-corrected chi connectivity index (χ4v) is 4.48. The number of hydrogen-bond acceptors (Lipinski definition) is 5. The summed E-state index contributed by atoms with van der Waals surface area (Å²) in [6.45, 7) is 2.19. The number of ether oxygens (including phenoxy) is 1. The summed E-state index contributed by atoms with van der Waals surface area (Å²) in [7, 11) is 0. The van der Waals surface area contributed by atoms with Crippen LogP contribution in [0.5, 0.6) is 11.5 Å². The van der Waals surface area contributed by atoms with E-state index in [-0.39, 0.29) is 22.8 Å². The Balaban J connectivity index is 1.72. The number of halogens is 2. The number of hydrogen-bond donors (Lipinski definition) is 2. The summed E-state index contributed by atoms with van der Waals surface area (Å²) < 4.78 is 20.8. The molecule has 0 unspecified atom stereocenters. The Morgan fingerprint density at radius 3 is 2.49 bits per heavy atom. The molecule has 0 atom stereocenters. The van der Waals surface area contributed by atoms with Crippen LogP contribution in [0.1, 0.15) is 23.6 Å². The number of benzene rings is 3. The zero-order chi connectivity index (χ0) is 25.1. The molecule has 0 saturated carbocycles. The lowest BCUT2D eigenvalue weighted by Crippen LogP contribution is -2.54. The van der Waals surface area contributed by atoms with Crippen molar-refractivity contribution in [2.24, 2.45) is 0 Å². The van der Waals surface area contributed by atoms with E-state index in [1.165, 1.54) is 36.4 Å². The van der Waals surface area contributed by atoms with E-state index in [4.69, 9.17) is 4.74 Å². The van der Waals surface area contributed by atoms with Crippen LogP contribution in [0.4, 0.5) is 14.9 Å². The van der Waals surface area contributed by atoms with Crippen molar-refractivity contribution < 1.29 is 28.6 Å². The lowest BCUT2D eigenvalue weighted by molar-refractivity contribution is -0.122. The number of amides is 4. The second-order valence-electron chi connectivity index (χ2n) is 7.65. The van der Waals surface area contributed by atoms with Crippen molar-refractivity contribution in [2.75, 3.05) is 11.5 Å². The first-order valence-corrected chi connectivity index (χ1v) is 11.8. The smallest absolute Gasteiger partial charge is 0.335 e. The molecular weight excluding hydrogens is 566 g/mol. The van der Waals surface area contributed by atoms with Crippen molar-refractivity contribution in [3.63, 3.8) is 0 Å². The van der Waals surface area contributed by atoms with E-state index in [0.29, 0.717) is 29.9 Å². The van der Waals surface area contributed by atoms with E-state index in [2.05, 4.69) is 27.9 Å². The molecule has 1 heterocycles. The first kappa shape index (κ1) is 24.4. The summed E-state index contributed by atoms with van der Waals surface area (Å²) in [5, 5.41) is 11.7. The lowest BCUT2D eigenvalue weighted by Gasteiger charge is -2.26. The Morgan fingerprint density at radius 1 is 1.09 bits per heavy atom. The highest BCUT2D eigenvalue weighted by atomic mass is 127. The number of urea groups is 1. The molecule has 2 N–H and O–H groups in total. The van der Waals surface area contributed by atoms with Crippen LogP contribution < -0.4 is 15.0 Å². The van der Waals surface area contributed by atoms with Crippen LogP contribution in [-0.2, 0) is 16.0 Å². The third-order valence-electron chi connectivity index (χ3n) is 5.32. The zero-order valence-corrected chi connectivity index (χ0v) is 20.7. The number of anilines is 1. The van der Waals surface area contributed by atoms with Crippen LogP contribution in [0.25, 0.3) is 6.08 Å². The maximum atomic E-state index is 14.2. The normalized spacial score (nSPS) is 14.9. The number of aromatic hydroxyl groups is 1. The number of barbiturate groups is 1. The van der Waals surface area contributed by atoms with Gasteiger partial charge in [0.15, 0.2) is 0 Å². The van der Waals surface area contributed by atoms with Gasteiger partial charge in [-0.05, 0) is 89.2 Å². The number of nitrogens with one attached hydrogen (secondary N) is 1. The molecule has 4 rings (SSSR count). The second-order valence-corrected chi connectivity index (χ2v) is 8.82. The van der Waals surface area contributed by atoms with Gasteiger partial charge in [-0.3, -0.25) is 14.9 Å². The van der Waals surface area contributed by atoms with Gasteiger partial charge < -0.3 is 9.84 Å². The van der Waals surface area contributed by atoms with Crippen LogP contribution in [0.2, 0.25) is 0 Å². The van der Waals surface area contributed by atoms with Crippen molar-refractivity contribution in [1.82, 2.24) is 5.32 Å². The maximum absolute atomic E-state index is 14.2. The van der Waals surface area contributed by atoms with Gasteiger partial charge in [-0.2, -0.15) is 0 Å². The van der Waals surface area contributed by atoms with Crippen LogP contribution in [-0.4, -0.2) is 29.6 Å². The Kier molecular flexibility index (Phi) is 7.15. The lowest BCUT2D eigenvalue weighted by atomic mass is 10.00. The fourth-order valence-electron chi connectivity index (χ4n) is 3.66. The van der Waals surface area contributed by atoms with Crippen LogP contribution in [0.15, 0.2) is 66.2 Å². The number of carbonyl (C=O) groups is 3. The summed E-state index contributed by atoms with van der Waals surface area (Å²) >= 11 is 2.11. The van der Waals surface area contributed by atoms with E-state index in [9.17, 15) is 23.9 Å². The monoisotopic (exact) mass is 586 g/mol. The predicted molar refractivity (Wildman–Crippen MR) is 137 cm³/mol. The summed E-state index contributed by atoms with van der Waals surface area (Å²) in [6, 6.07) is 14.5. The van der Waals surface area contributed by atoms with Crippen molar-refractivity contribution >= 4 is 52.2 Å². The van der Waals surface area contributed by atoms with Crippen molar-refractivity contribution in [3.8, 4) is 11.5 Å². The summed E-state index contributed by atoms with van der Waals surface area (Å²) in [4.78, 5) is 38.8. The van der Waals surface area contributed by atoms with Gasteiger partial charge in [0.2, 0.25) is 0 Å². The quantitative estimate of drug-likeness (QED) is 0.246. The van der Waals surface area contributed by atoms with Crippen molar-refractivity contribution in [2.45, 2.75) is 13.3 Å². The molecular formula is C26H20FIN2O5. The average Bonchev–Trinajstić information content (AvgIpc) is 2.81. The SMILES string of the molecule is CCOc1cc(/C=C2\C(=O)NC(=O)N(c3ccc(O)cc3)C2=O)cc(I)c1Cc1ccccc1F. The number of nitrogens with zero attached hydrogens (tertiary/aromatic N) is 1. The summed E-state index contributed by atoms with van der Waals surface area (Å²) in [6.07, 6.45) is 1.69. The predicted octanol–water partition coefficient (Wildman–Crippen LogP) is 4.79. The summed E-state index contributed by atoms with van der Waals surface area (Å²) in [5.41, 5.74) is 1.77. The molecule has 1 aliphatic rings. The molecule has 35 heavy (non-hydrogen) atoms. The molecule has 1 aliphatic heterocycles. The van der Waals surface area contributed by atoms with E-state index in [0.717, 1.165) is 14.0 Å². The third-order valence-corrected chi connectivity index (χ3v) is 6.28. The van der Waals surface area contributed by atoms with E-state index in [1.54, 1.807) is 30.3 Å². The second kappa shape index (κ2) is 10.3. The molecule has 1 saturated heterocycles. The Labute approximate surface area is 214 Å². The average molecular weight is 586 g/mol. The molecule has 4 amide bonds. The molecule has 0 radical (unpaired) electrons. The van der Waals surface area contributed by atoms with E-state index in [1.807, 2.05) is 6.92 Å². The molecule has 3 aromatic rings. The molecule has 0 aromatic heterocycles. The number of carbonyl (C=O) groups excluding carboxylic acids is 3. The first-order chi connectivity index (χ1) is 16.8. The number of phenols is 1. The first-order valence-electron chi connectivity index (χ1n) is 10.7. The minimum absolute atomic E-state index is 0.0287. The van der Waals surface area contributed by atoms with Crippen molar-refractivity contribution in [3.05, 3.63) is 92.3 Å². The largest absolute Gasteiger partial charge is 0.508 e. The molecule has 1 fully saturated rings. The van der Waals surface area contributed by atoms with E-state index < -0.39 is 17.8 Å². The molecule has 3 aromatic carbocycles. The van der Waals surface area contributed by atoms with Gasteiger partial charge in [-0.1, -0.05) is 18.2 Å². The number of phenolic OH excluding ortho intramolecular Hbond substituents is 1. The highest BCUT2D eigenvalue weighted by Gasteiger charge is 2.36. The van der Waals surface area contributed by atoms with Gasteiger partial charge in [0.1, 0.15) is 22.9 Å². The van der Waals surface area contributed by atoms with Gasteiger partial charge in [0.05, 0.1) is 12.3 Å². The topological polar surface area (TPSA) is 95.9 Å². The Hall–Kier alpha value is -3.73. The Bertz CT molecular complexity index is 1350. The maximum Gasteiger partial charge on any atom is 0.335 e. The molecule has 9 heteroatoms. The molecule has 0 bridgehead atoms. The number of rotatable bonds is 6. The number of imide groups is 2. The van der Waals surface area contributed by atoms with Gasteiger partial charge in [-0.25, -0.2) is 14.1 Å². The Morgan fingerprint density at radius 2 is 1.80 bits per heavy atom. The fraction of sp³-hybridized carbons (Fsp3) is 0.115. The van der Waals surface area contributed by atoms with Gasteiger partial charge in [0.25, 0.3) is 11.8 Å². The molecule has 178 valence electrons. The van der Waals surface area contributed by atoms with Gasteiger partial charge in [0, 0.05) is 15.6 Å². The minimum atomic E-state index is -0.882. The van der Waals surface area contributed by atoms with Gasteiger partial charge in [-0.15, -0.1) is 0 Å².